The van der Waals surface area contributed by atoms with Gasteiger partial charge in [0.1, 0.15) is 17.5 Å². The lowest BCUT2D eigenvalue weighted by molar-refractivity contribution is -0.884. The molecule has 0 radical (unpaired) electrons. The molecule has 0 fully saturated rings. The predicted octanol–water partition coefficient (Wildman–Crippen LogP) is 3.39. The summed E-state index contributed by atoms with van der Waals surface area (Å²) in [6.45, 7) is 3.98. The summed E-state index contributed by atoms with van der Waals surface area (Å²) in [5.41, 5.74) is 3.56. The molecule has 1 unspecified atom stereocenters. The topological polar surface area (TPSA) is 64.0 Å². The maximum atomic E-state index is 9.93. The second kappa shape index (κ2) is 6.48. The third kappa shape index (κ3) is 2.97. The van der Waals surface area contributed by atoms with Crippen LogP contribution in [0.4, 0.5) is 0 Å². The molecule has 2 aromatic carbocycles. The van der Waals surface area contributed by atoms with E-state index in [0.29, 0.717) is 11.3 Å². The molecule has 0 amide bonds. The summed E-state index contributed by atoms with van der Waals surface area (Å²) < 4.78 is 8.92. The first-order valence-corrected chi connectivity index (χ1v) is 8.40. The molecule has 130 valence electrons. The Morgan fingerprint density at radius 2 is 1.85 bits per heavy atom. The first kappa shape index (κ1) is 16.1. The molecule has 6 heteroatoms. The van der Waals surface area contributed by atoms with Gasteiger partial charge < -0.3 is 4.74 Å². The van der Waals surface area contributed by atoms with Crippen molar-refractivity contribution in [2.24, 2.45) is 0 Å². The fourth-order valence-electron chi connectivity index (χ4n) is 2.83. The number of aryl methyl sites for hydroxylation is 1. The summed E-state index contributed by atoms with van der Waals surface area (Å²) in [5.74, 6) is 0.684. The number of hydrogen-bond acceptors (Lipinski definition) is 4. The SMILES string of the molecule is Cc1ccc(-n2cc(C(C)Oc3cc[n+](O)c4ccccc34)nn2)cc1. The molecule has 4 aromatic rings. The van der Waals surface area contributed by atoms with Gasteiger partial charge in [-0.2, -0.15) is 0 Å². The molecule has 6 nitrogen and oxygen atoms in total. The quantitative estimate of drug-likeness (QED) is 0.454. The number of para-hydroxylation sites is 1. The summed E-state index contributed by atoms with van der Waals surface area (Å²) >= 11 is 0. The summed E-state index contributed by atoms with van der Waals surface area (Å²) in [6, 6.07) is 17.3. The largest absolute Gasteiger partial charge is 0.483 e. The molecule has 0 aliphatic rings. The summed E-state index contributed by atoms with van der Waals surface area (Å²) in [5, 5.41) is 19.2. The molecule has 0 saturated heterocycles. The standard InChI is InChI=1S/C20H19N4O2/c1-14-7-9-16(10-8-14)23-13-18(21-22-23)15(2)26-20-11-12-24(25)19-6-4-3-5-17(19)20/h3-13,15,25H,1-2H3/q+1. The van der Waals surface area contributed by atoms with E-state index in [4.69, 9.17) is 4.74 Å². The maximum Gasteiger partial charge on any atom is 0.268 e. The highest BCUT2D eigenvalue weighted by molar-refractivity contribution is 5.82. The first-order valence-electron chi connectivity index (χ1n) is 8.40. The van der Waals surface area contributed by atoms with Crippen LogP contribution in [0.5, 0.6) is 5.75 Å². The van der Waals surface area contributed by atoms with Crippen molar-refractivity contribution in [3.8, 4) is 11.4 Å². The zero-order valence-corrected chi connectivity index (χ0v) is 14.6. The summed E-state index contributed by atoms with van der Waals surface area (Å²) in [7, 11) is 0. The van der Waals surface area contributed by atoms with E-state index in [9.17, 15) is 5.21 Å². The number of pyridine rings is 1. The lowest BCUT2D eigenvalue weighted by Gasteiger charge is -2.12. The minimum atomic E-state index is -0.285. The van der Waals surface area contributed by atoms with Crippen LogP contribution in [0.2, 0.25) is 0 Å². The van der Waals surface area contributed by atoms with Gasteiger partial charge in [-0.3, -0.25) is 5.21 Å². The Labute approximate surface area is 150 Å². The van der Waals surface area contributed by atoms with Crippen molar-refractivity contribution in [1.82, 2.24) is 15.0 Å². The lowest BCUT2D eigenvalue weighted by atomic mass is 10.2. The Morgan fingerprint density at radius 1 is 1.08 bits per heavy atom. The van der Waals surface area contributed by atoms with Gasteiger partial charge in [-0.25, -0.2) is 4.68 Å². The highest BCUT2D eigenvalue weighted by atomic mass is 16.5. The molecule has 0 bridgehead atoms. The number of benzene rings is 2. The number of ether oxygens (including phenoxy) is 1. The molecule has 0 spiro atoms. The van der Waals surface area contributed by atoms with Crippen LogP contribution in [0.1, 0.15) is 24.3 Å². The lowest BCUT2D eigenvalue weighted by Crippen LogP contribution is -2.30. The molecule has 2 heterocycles. The van der Waals surface area contributed by atoms with Gasteiger partial charge in [0, 0.05) is 16.9 Å². The average molecular weight is 347 g/mol. The number of aromatic nitrogens is 4. The molecule has 2 aromatic heterocycles. The second-order valence-corrected chi connectivity index (χ2v) is 6.23. The Kier molecular flexibility index (Phi) is 4.01. The molecule has 0 aliphatic carbocycles. The third-order valence-corrected chi connectivity index (χ3v) is 4.31. The number of hydrogen-bond donors (Lipinski definition) is 1. The van der Waals surface area contributed by atoms with E-state index in [0.717, 1.165) is 21.5 Å². The first-order chi connectivity index (χ1) is 12.6. The van der Waals surface area contributed by atoms with E-state index in [-0.39, 0.29) is 6.10 Å². The highest BCUT2D eigenvalue weighted by Gasteiger charge is 2.17. The third-order valence-electron chi connectivity index (χ3n) is 4.31. The molecule has 26 heavy (non-hydrogen) atoms. The van der Waals surface area contributed by atoms with Crippen LogP contribution in [0.3, 0.4) is 0 Å². The Balaban J connectivity index is 1.61. The van der Waals surface area contributed by atoms with E-state index in [2.05, 4.69) is 10.3 Å². The monoisotopic (exact) mass is 347 g/mol. The molecular weight excluding hydrogens is 328 g/mol. The van der Waals surface area contributed by atoms with Crippen LogP contribution in [-0.4, -0.2) is 20.2 Å². The molecule has 1 atom stereocenters. The van der Waals surface area contributed by atoms with Crippen LogP contribution in [0, 0.1) is 6.92 Å². The van der Waals surface area contributed by atoms with Gasteiger partial charge in [0.15, 0.2) is 0 Å². The number of rotatable bonds is 4. The van der Waals surface area contributed by atoms with Crippen molar-refractivity contribution < 1.29 is 14.7 Å². The fourth-order valence-corrected chi connectivity index (χ4v) is 2.83. The second-order valence-electron chi connectivity index (χ2n) is 6.23. The molecule has 4 rings (SSSR count). The van der Waals surface area contributed by atoms with E-state index >= 15 is 0 Å². The van der Waals surface area contributed by atoms with Crippen molar-refractivity contribution in [3.05, 3.63) is 78.2 Å². The van der Waals surface area contributed by atoms with Gasteiger partial charge in [0.25, 0.3) is 5.52 Å². The average Bonchev–Trinajstić information content (AvgIpc) is 3.15. The van der Waals surface area contributed by atoms with Crippen molar-refractivity contribution >= 4 is 10.9 Å². The minimum absolute atomic E-state index is 0.285. The van der Waals surface area contributed by atoms with E-state index in [1.165, 1.54) is 5.56 Å². The zero-order valence-electron chi connectivity index (χ0n) is 14.6. The van der Waals surface area contributed by atoms with Crippen molar-refractivity contribution in [1.29, 1.82) is 0 Å². The summed E-state index contributed by atoms with van der Waals surface area (Å²) in [4.78, 5) is 0. The van der Waals surface area contributed by atoms with Gasteiger partial charge in [-0.05, 0) is 32.0 Å². The Hall–Kier alpha value is -3.41. The molecular formula is C20H19N4O2+. The molecule has 0 saturated carbocycles. The van der Waals surface area contributed by atoms with E-state index in [1.807, 2.05) is 68.6 Å². The van der Waals surface area contributed by atoms with Gasteiger partial charge in [0.05, 0.1) is 17.3 Å². The van der Waals surface area contributed by atoms with Crippen LogP contribution in [-0.2, 0) is 0 Å². The fraction of sp³-hybridized carbons (Fsp3) is 0.150. The van der Waals surface area contributed by atoms with Crippen LogP contribution in [0.25, 0.3) is 16.6 Å². The van der Waals surface area contributed by atoms with Crippen molar-refractivity contribution in [2.75, 3.05) is 0 Å². The van der Waals surface area contributed by atoms with Gasteiger partial charge in [-0.15, -0.1) is 5.10 Å². The van der Waals surface area contributed by atoms with Crippen molar-refractivity contribution in [2.45, 2.75) is 20.0 Å². The Morgan fingerprint density at radius 3 is 2.65 bits per heavy atom. The van der Waals surface area contributed by atoms with E-state index in [1.54, 1.807) is 16.9 Å². The maximum absolute atomic E-state index is 9.93. The normalized spacial score (nSPS) is 12.2. The van der Waals surface area contributed by atoms with Gasteiger partial charge >= 0.3 is 0 Å². The summed E-state index contributed by atoms with van der Waals surface area (Å²) in [6.07, 6.45) is 3.15. The van der Waals surface area contributed by atoms with Crippen molar-refractivity contribution in [3.63, 3.8) is 0 Å². The predicted molar refractivity (Wildman–Crippen MR) is 96.5 cm³/mol. The smallest absolute Gasteiger partial charge is 0.268 e. The number of fused-ring (bicyclic) bond motifs is 1. The van der Waals surface area contributed by atoms with Crippen LogP contribution in [0.15, 0.2) is 67.0 Å². The van der Waals surface area contributed by atoms with E-state index < -0.39 is 0 Å². The Bertz CT molecular complexity index is 1060. The minimum Gasteiger partial charge on any atom is -0.483 e. The van der Waals surface area contributed by atoms with Gasteiger partial charge in [0.2, 0.25) is 6.20 Å². The molecule has 0 aliphatic heterocycles. The highest BCUT2D eigenvalue weighted by Crippen LogP contribution is 2.27. The molecule has 1 N–H and O–H groups in total. The van der Waals surface area contributed by atoms with Crippen LogP contribution < -0.4 is 9.47 Å². The zero-order chi connectivity index (χ0) is 18.1. The van der Waals surface area contributed by atoms with Crippen LogP contribution >= 0.6 is 0 Å². The number of nitrogens with zero attached hydrogens (tertiary/aromatic N) is 4. The van der Waals surface area contributed by atoms with Gasteiger partial charge in [-0.1, -0.05) is 35.0 Å².